The lowest BCUT2D eigenvalue weighted by atomic mass is 10.2. The first-order valence-electron chi connectivity index (χ1n) is 5.04. The van der Waals surface area contributed by atoms with Crippen molar-refractivity contribution in [2.75, 3.05) is 17.6 Å². The molecule has 1 fully saturated rings. The van der Waals surface area contributed by atoms with E-state index in [2.05, 4.69) is 5.32 Å². The van der Waals surface area contributed by atoms with E-state index in [-0.39, 0.29) is 0 Å². The van der Waals surface area contributed by atoms with Crippen molar-refractivity contribution in [2.24, 2.45) is 5.92 Å². The van der Waals surface area contributed by atoms with Crippen LogP contribution in [0.1, 0.15) is 19.3 Å². The minimum atomic E-state index is 0.709. The summed E-state index contributed by atoms with van der Waals surface area (Å²) in [5.41, 5.74) is 7.30. The van der Waals surface area contributed by atoms with E-state index in [0.29, 0.717) is 10.7 Å². The molecular weight excluding hydrogens is 196 g/mol. The van der Waals surface area contributed by atoms with Crippen LogP contribution in [0.15, 0.2) is 18.2 Å². The second kappa shape index (κ2) is 4.09. The first-order chi connectivity index (χ1) is 6.75. The average Bonchev–Trinajstić information content (AvgIpc) is 2.92. The van der Waals surface area contributed by atoms with Crippen LogP contribution in [0, 0.1) is 5.92 Å². The molecule has 0 spiro atoms. The molecule has 1 aromatic rings. The van der Waals surface area contributed by atoms with Crippen molar-refractivity contribution in [3.05, 3.63) is 23.2 Å². The van der Waals surface area contributed by atoms with Crippen LogP contribution < -0.4 is 11.1 Å². The summed E-state index contributed by atoms with van der Waals surface area (Å²) in [5, 5.41) is 4.03. The van der Waals surface area contributed by atoms with Crippen LogP contribution in [0.2, 0.25) is 5.02 Å². The largest absolute Gasteiger partial charge is 0.399 e. The van der Waals surface area contributed by atoms with Gasteiger partial charge < -0.3 is 11.1 Å². The first kappa shape index (κ1) is 9.66. The highest BCUT2D eigenvalue weighted by molar-refractivity contribution is 6.33. The van der Waals surface area contributed by atoms with Crippen molar-refractivity contribution in [2.45, 2.75) is 19.3 Å². The summed E-state index contributed by atoms with van der Waals surface area (Å²) in [5.74, 6) is 0.954. The van der Waals surface area contributed by atoms with Crippen LogP contribution in [0.3, 0.4) is 0 Å². The number of hydrogen-bond acceptors (Lipinski definition) is 2. The van der Waals surface area contributed by atoms with Gasteiger partial charge in [-0.2, -0.15) is 0 Å². The molecule has 76 valence electrons. The third kappa shape index (κ3) is 2.55. The second-order valence-corrected chi connectivity index (χ2v) is 4.31. The van der Waals surface area contributed by atoms with Gasteiger partial charge in [0, 0.05) is 12.2 Å². The molecular formula is C11H15ClN2. The Morgan fingerprint density at radius 1 is 1.43 bits per heavy atom. The van der Waals surface area contributed by atoms with Gasteiger partial charge in [0.1, 0.15) is 0 Å². The molecule has 0 saturated heterocycles. The molecule has 1 saturated carbocycles. The minimum Gasteiger partial charge on any atom is -0.399 e. The third-order valence-electron chi connectivity index (χ3n) is 2.56. The molecule has 1 aromatic carbocycles. The maximum absolute atomic E-state index is 6.02. The van der Waals surface area contributed by atoms with Crippen molar-refractivity contribution in [1.82, 2.24) is 0 Å². The topological polar surface area (TPSA) is 38.0 Å². The number of benzene rings is 1. The van der Waals surface area contributed by atoms with E-state index in [1.165, 1.54) is 19.3 Å². The summed E-state index contributed by atoms with van der Waals surface area (Å²) < 4.78 is 0. The fourth-order valence-corrected chi connectivity index (χ4v) is 1.75. The van der Waals surface area contributed by atoms with E-state index in [1.54, 1.807) is 6.07 Å². The molecule has 0 aromatic heterocycles. The number of nitrogens with two attached hydrogens (primary N) is 1. The molecule has 3 N–H and O–H groups in total. The number of nitrogen functional groups attached to an aromatic ring is 1. The summed E-state index contributed by atoms with van der Waals surface area (Å²) in [6, 6.07) is 5.58. The molecule has 0 bridgehead atoms. The van der Waals surface area contributed by atoms with Gasteiger partial charge in [-0.05, 0) is 30.5 Å². The standard InChI is InChI=1S/C11H15ClN2/c12-10-7-9(13)3-4-11(10)14-6-5-8-1-2-8/h3-4,7-8,14H,1-2,5-6,13H2. The predicted molar refractivity (Wildman–Crippen MR) is 61.7 cm³/mol. The minimum absolute atomic E-state index is 0.709. The third-order valence-corrected chi connectivity index (χ3v) is 2.87. The van der Waals surface area contributed by atoms with Gasteiger partial charge in [0.25, 0.3) is 0 Å². The van der Waals surface area contributed by atoms with Crippen molar-refractivity contribution in [1.29, 1.82) is 0 Å². The van der Waals surface area contributed by atoms with Crippen LogP contribution in [-0.2, 0) is 0 Å². The molecule has 2 rings (SSSR count). The van der Waals surface area contributed by atoms with E-state index < -0.39 is 0 Å². The second-order valence-electron chi connectivity index (χ2n) is 3.90. The zero-order chi connectivity index (χ0) is 9.97. The van der Waals surface area contributed by atoms with Crippen LogP contribution in [0.25, 0.3) is 0 Å². The molecule has 0 unspecified atom stereocenters. The van der Waals surface area contributed by atoms with Gasteiger partial charge in [0.15, 0.2) is 0 Å². The molecule has 1 aliphatic carbocycles. The number of nitrogens with one attached hydrogen (secondary N) is 1. The number of halogens is 1. The smallest absolute Gasteiger partial charge is 0.0657 e. The lowest BCUT2D eigenvalue weighted by Gasteiger charge is -2.08. The highest BCUT2D eigenvalue weighted by Crippen LogP contribution is 2.32. The molecule has 0 aliphatic heterocycles. The van der Waals surface area contributed by atoms with E-state index in [4.69, 9.17) is 17.3 Å². The molecule has 3 heteroatoms. The zero-order valence-electron chi connectivity index (χ0n) is 8.09. The fraction of sp³-hybridized carbons (Fsp3) is 0.455. The van der Waals surface area contributed by atoms with Crippen LogP contribution in [-0.4, -0.2) is 6.54 Å². The summed E-state index contributed by atoms with van der Waals surface area (Å²) in [6.45, 7) is 1.01. The quantitative estimate of drug-likeness (QED) is 0.750. The van der Waals surface area contributed by atoms with E-state index >= 15 is 0 Å². The number of anilines is 2. The zero-order valence-corrected chi connectivity index (χ0v) is 8.85. The number of hydrogen-bond donors (Lipinski definition) is 2. The Morgan fingerprint density at radius 3 is 2.86 bits per heavy atom. The fourth-order valence-electron chi connectivity index (χ4n) is 1.49. The lowest BCUT2D eigenvalue weighted by Crippen LogP contribution is -2.02. The predicted octanol–water partition coefficient (Wildman–Crippen LogP) is 3.13. The molecule has 0 radical (unpaired) electrons. The molecule has 0 amide bonds. The monoisotopic (exact) mass is 210 g/mol. The summed E-state index contributed by atoms with van der Waals surface area (Å²) in [7, 11) is 0. The van der Waals surface area contributed by atoms with Crippen molar-refractivity contribution < 1.29 is 0 Å². The molecule has 2 nitrogen and oxygen atoms in total. The highest BCUT2D eigenvalue weighted by atomic mass is 35.5. The molecule has 0 heterocycles. The Labute approximate surface area is 89.4 Å². The van der Waals surface area contributed by atoms with E-state index in [1.807, 2.05) is 12.1 Å². The van der Waals surface area contributed by atoms with Crippen LogP contribution in [0.5, 0.6) is 0 Å². The Bertz CT molecular complexity index is 321. The van der Waals surface area contributed by atoms with Gasteiger partial charge >= 0.3 is 0 Å². The Morgan fingerprint density at radius 2 is 2.21 bits per heavy atom. The molecule has 0 atom stereocenters. The maximum Gasteiger partial charge on any atom is 0.0657 e. The Hall–Kier alpha value is -0.890. The van der Waals surface area contributed by atoms with E-state index in [9.17, 15) is 0 Å². The maximum atomic E-state index is 6.02. The summed E-state index contributed by atoms with van der Waals surface area (Å²) in [6.07, 6.45) is 4.05. The van der Waals surface area contributed by atoms with Crippen molar-refractivity contribution >= 4 is 23.0 Å². The normalized spacial score (nSPS) is 15.5. The SMILES string of the molecule is Nc1ccc(NCCC2CC2)c(Cl)c1. The van der Waals surface area contributed by atoms with Crippen molar-refractivity contribution in [3.63, 3.8) is 0 Å². The first-order valence-corrected chi connectivity index (χ1v) is 5.42. The number of rotatable bonds is 4. The van der Waals surface area contributed by atoms with Gasteiger partial charge in [0.05, 0.1) is 10.7 Å². The van der Waals surface area contributed by atoms with E-state index in [0.717, 1.165) is 18.2 Å². The average molecular weight is 211 g/mol. The van der Waals surface area contributed by atoms with Gasteiger partial charge in [-0.15, -0.1) is 0 Å². The van der Waals surface area contributed by atoms with Crippen LogP contribution in [0.4, 0.5) is 11.4 Å². The van der Waals surface area contributed by atoms with Crippen LogP contribution >= 0.6 is 11.6 Å². The molecule has 14 heavy (non-hydrogen) atoms. The van der Waals surface area contributed by atoms with Crippen molar-refractivity contribution in [3.8, 4) is 0 Å². The van der Waals surface area contributed by atoms with Gasteiger partial charge in [-0.1, -0.05) is 24.4 Å². The van der Waals surface area contributed by atoms with Gasteiger partial charge in [-0.25, -0.2) is 0 Å². The Balaban J connectivity index is 1.87. The van der Waals surface area contributed by atoms with Gasteiger partial charge in [0.2, 0.25) is 0 Å². The Kier molecular flexibility index (Phi) is 2.82. The highest BCUT2D eigenvalue weighted by Gasteiger charge is 2.20. The van der Waals surface area contributed by atoms with Gasteiger partial charge in [-0.3, -0.25) is 0 Å². The summed E-state index contributed by atoms with van der Waals surface area (Å²) in [4.78, 5) is 0. The molecule has 1 aliphatic rings. The lowest BCUT2D eigenvalue weighted by molar-refractivity contribution is 0.760. The summed E-state index contributed by atoms with van der Waals surface area (Å²) >= 11 is 6.02.